The maximum atomic E-state index is 5.21. The van der Waals surface area contributed by atoms with Crippen molar-refractivity contribution in [3.05, 3.63) is 24.3 Å². The third-order valence-electron chi connectivity index (χ3n) is 1.45. The molecule has 0 saturated carbocycles. The van der Waals surface area contributed by atoms with Crippen LogP contribution >= 0.6 is 0 Å². The summed E-state index contributed by atoms with van der Waals surface area (Å²) in [4.78, 5) is 7.96. The molecule has 0 bridgehead atoms. The molecule has 2 rings (SSSR count). The fourth-order valence-corrected chi connectivity index (χ4v) is 0.962. The SMILES string of the molecule is c1cnc(C2OCCO2)cn1. The second-order valence-corrected chi connectivity index (χ2v) is 2.20. The van der Waals surface area contributed by atoms with E-state index in [0.717, 1.165) is 5.69 Å². The van der Waals surface area contributed by atoms with Crippen molar-refractivity contribution in [1.82, 2.24) is 9.97 Å². The van der Waals surface area contributed by atoms with Crippen molar-refractivity contribution in [3.63, 3.8) is 0 Å². The highest BCUT2D eigenvalue weighted by Gasteiger charge is 2.18. The Bertz CT molecular complexity index is 221. The predicted octanol–water partition coefficient (Wildman–Crippen LogP) is 0.522. The standard InChI is InChI=1S/C7H8N2O2/c1-2-9-6(5-8-1)7-10-3-4-11-7/h1-2,5,7H,3-4H2. The maximum Gasteiger partial charge on any atom is 0.202 e. The Morgan fingerprint density at radius 3 is 2.73 bits per heavy atom. The van der Waals surface area contributed by atoms with E-state index < -0.39 is 0 Å². The summed E-state index contributed by atoms with van der Waals surface area (Å²) < 4.78 is 10.4. The van der Waals surface area contributed by atoms with Crippen LogP contribution in [0.2, 0.25) is 0 Å². The van der Waals surface area contributed by atoms with Crippen LogP contribution in [-0.2, 0) is 9.47 Å². The zero-order chi connectivity index (χ0) is 7.52. The summed E-state index contributed by atoms with van der Waals surface area (Å²) in [6, 6.07) is 0. The van der Waals surface area contributed by atoms with Crippen LogP contribution in [0.3, 0.4) is 0 Å². The smallest absolute Gasteiger partial charge is 0.202 e. The molecule has 1 aliphatic rings. The van der Waals surface area contributed by atoms with Crippen LogP contribution in [0.4, 0.5) is 0 Å². The van der Waals surface area contributed by atoms with Crippen molar-refractivity contribution < 1.29 is 9.47 Å². The van der Waals surface area contributed by atoms with Crippen LogP contribution in [-0.4, -0.2) is 23.2 Å². The van der Waals surface area contributed by atoms with Crippen LogP contribution in [0, 0.1) is 0 Å². The van der Waals surface area contributed by atoms with Gasteiger partial charge < -0.3 is 9.47 Å². The second-order valence-electron chi connectivity index (χ2n) is 2.20. The van der Waals surface area contributed by atoms with Crippen LogP contribution in [0.1, 0.15) is 12.0 Å². The van der Waals surface area contributed by atoms with Crippen molar-refractivity contribution in [2.75, 3.05) is 13.2 Å². The van der Waals surface area contributed by atoms with Gasteiger partial charge in [0, 0.05) is 12.4 Å². The van der Waals surface area contributed by atoms with Crippen molar-refractivity contribution in [1.29, 1.82) is 0 Å². The lowest BCUT2D eigenvalue weighted by molar-refractivity contribution is -0.0475. The van der Waals surface area contributed by atoms with Gasteiger partial charge in [-0.3, -0.25) is 9.97 Å². The number of nitrogens with zero attached hydrogens (tertiary/aromatic N) is 2. The number of rotatable bonds is 1. The first-order chi connectivity index (χ1) is 5.47. The fourth-order valence-electron chi connectivity index (χ4n) is 0.962. The molecule has 4 nitrogen and oxygen atoms in total. The summed E-state index contributed by atoms with van der Waals surface area (Å²) in [5, 5.41) is 0. The van der Waals surface area contributed by atoms with Gasteiger partial charge in [0.25, 0.3) is 0 Å². The minimum absolute atomic E-state index is 0.302. The lowest BCUT2D eigenvalue weighted by Gasteiger charge is -2.05. The predicted molar refractivity (Wildman–Crippen MR) is 36.7 cm³/mol. The average Bonchev–Trinajstić information content (AvgIpc) is 2.58. The number of ether oxygens (including phenoxy) is 2. The number of aromatic nitrogens is 2. The Morgan fingerprint density at radius 1 is 1.27 bits per heavy atom. The van der Waals surface area contributed by atoms with Gasteiger partial charge in [0.15, 0.2) is 0 Å². The zero-order valence-corrected chi connectivity index (χ0v) is 5.93. The molecule has 0 amide bonds. The van der Waals surface area contributed by atoms with Crippen LogP contribution in [0.15, 0.2) is 18.6 Å². The summed E-state index contributed by atoms with van der Waals surface area (Å²) in [5.41, 5.74) is 0.741. The van der Waals surface area contributed by atoms with Crippen molar-refractivity contribution in [2.24, 2.45) is 0 Å². The Balaban J connectivity index is 2.16. The van der Waals surface area contributed by atoms with E-state index in [9.17, 15) is 0 Å². The minimum atomic E-state index is -0.302. The molecule has 1 fully saturated rings. The molecule has 11 heavy (non-hydrogen) atoms. The Morgan fingerprint density at radius 2 is 2.09 bits per heavy atom. The third kappa shape index (κ3) is 1.36. The van der Waals surface area contributed by atoms with Gasteiger partial charge in [0.2, 0.25) is 6.29 Å². The Hall–Kier alpha value is -1.00. The molecule has 0 aliphatic carbocycles. The average molecular weight is 152 g/mol. The van der Waals surface area contributed by atoms with Crippen molar-refractivity contribution >= 4 is 0 Å². The van der Waals surface area contributed by atoms with Gasteiger partial charge in [-0.15, -0.1) is 0 Å². The highest BCUT2D eigenvalue weighted by molar-refractivity contribution is 4.97. The molecule has 0 atom stereocenters. The van der Waals surface area contributed by atoms with E-state index in [1.54, 1.807) is 18.6 Å². The molecule has 0 spiro atoms. The molecule has 1 aromatic heterocycles. The van der Waals surface area contributed by atoms with Crippen molar-refractivity contribution in [3.8, 4) is 0 Å². The van der Waals surface area contributed by atoms with Crippen LogP contribution in [0.25, 0.3) is 0 Å². The van der Waals surface area contributed by atoms with Gasteiger partial charge in [-0.1, -0.05) is 0 Å². The van der Waals surface area contributed by atoms with E-state index in [-0.39, 0.29) is 6.29 Å². The maximum absolute atomic E-state index is 5.21. The van der Waals surface area contributed by atoms with Gasteiger partial charge in [-0.2, -0.15) is 0 Å². The highest BCUT2D eigenvalue weighted by atomic mass is 16.7. The topological polar surface area (TPSA) is 44.2 Å². The second kappa shape index (κ2) is 2.94. The summed E-state index contributed by atoms with van der Waals surface area (Å²) in [6.45, 7) is 1.28. The molecule has 58 valence electrons. The summed E-state index contributed by atoms with van der Waals surface area (Å²) in [5.74, 6) is 0. The minimum Gasteiger partial charge on any atom is -0.345 e. The monoisotopic (exact) mass is 152 g/mol. The van der Waals surface area contributed by atoms with E-state index in [0.29, 0.717) is 13.2 Å². The largest absolute Gasteiger partial charge is 0.345 e. The third-order valence-corrected chi connectivity index (χ3v) is 1.45. The molecule has 4 heteroatoms. The molecule has 0 unspecified atom stereocenters. The molecular formula is C7H8N2O2. The molecule has 1 aromatic rings. The normalized spacial score (nSPS) is 18.9. The van der Waals surface area contributed by atoms with Crippen molar-refractivity contribution in [2.45, 2.75) is 6.29 Å². The van der Waals surface area contributed by atoms with E-state index in [4.69, 9.17) is 9.47 Å². The Labute approximate surface area is 64.2 Å². The van der Waals surface area contributed by atoms with E-state index in [1.165, 1.54) is 0 Å². The molecule has 0 aromatic carbocycles. The molecule has 0 N–H and O–H groups in total. The summed E-state index contributed by atoms with van der Waals surface area (Å²) in [7, 11) is 0. The summed E-state index contributed by atoms with van der Waals surface area (Å²) >= 11 is 0. The zero-order valence-electron chi connectivity index (χ0n) is 5.93. The van der Waals surface area contributed by atoms with E-state index in [2.05, 4.69) is 9.97 Å². The van der Waals surface area contributed by atoms with Gasteiger partial charge in [-0.05, 0) is 0 Å². The number of hydrogen-bond donors (Lipinski definition) is 0. The lowest BCUT2D eigenvalue weighted by Crippen LogP contribution is -2.00. The van der Waals surface area contributed by atoms with Gasteiger partial charge >= 0.3 is 0 Å². The quantitative estimate of drug-likeness (QED) is 0.588. The first-order valence-electron chi connectivity index (χ1n) is 3.46. The van der Waals surface area contributed by atoms with Gasteiger partial charge in [-0.25, -0.2) is 0 Å². The van der Waals surface area contributed by atoms with E-state index in [1.807, 2.05) is 0 Å². The molecule has 1 aliphatic heterocycles. The highest BCUT2D eigenvalue weighted by Crippen LogP contribution is 2.19. The molecule has 2 heterocycles. The molecular weight excluding hydrogens is 144 g/mol. The van der Waals surface area contributed by atoms with Gasteiger partial charge in [0.1, 0.15) is 5.69 Å². The fraction of sp³-hybridized carbons (Fsp3) is 0.429. The van der Waals surface area contributed by atoms with Gasteiger partial charge in [0.05, 0.1) is 19.4 Å². The van der Waals surface area contributed by atoms with Crippen LogP contribution < -0.4 is 0 Å². The molecule has 1 saturated heterocycles. The first-order valence-corrected chi connectivity index (χ1v) is 3.46. The summed E-state index contributed by atoms with van der Waals surface area (Å²) in [6.07, 6.45) is 4.60. The Kier molecular flexibility index (Phi) is 1.79. The van der Waals surface area contributed by atoms with E-state index >= 15 is 0 Å². The number of hydrogen-bond acceptors (Lipinski definition) is 4. The first kappa shape index (κ1) is 6.69. The molecule has 0 radical (unpaired) electrons. The lowest BCUT2D eigenvalue weighted by atomic mass is 10.4. The van der Waals surface area contributed by atoms with Crippen LogP contribution in [0.5, 0.6) is 0 Å².